The van der Waals surface area contributed by atoms with Crippen LogP contribution in [0.2, 0.25) is 0 Å². The van der Waals surface area contributed by atoms with Crippen LogP contribution in [0.5, 0.6) is 17.2 Å². The van der Waals surface area contributed by atoms with Crippen LogP contribution in [-0.4, -0.2) is 54.8 Å². The first kappa shape index (κ1) is 21.9. The summed E-state index contributed by atoms with van der Waals surface area (Å²) in [6, 6.07) is 17.8. The summed E-state index contributed by atoms with van der Waals surface area (Å²) >= 11 is 0. The van der Waals surface area contributed by atoms with Crippen molar-refractivity contribution in [3.63, 3.8) is 0 Å². The van der Waals surface area contributed by atoms with Crippen molar-refractivity contribution < 1.29 is 18.7 Å². The minimum Gasteiger partial charge on any atom is -0.497 e. The normalized spacial score (nSPS) is 15.0. The zero-order valence-corrected chi connectivity index (χ0v) is 19.3. The van der Waals surface area contributed by atoms with Gasteiger partial charge in [-0.2, -0.15) is 0 Å². The fraction of sp³-hybridized carbons (Fsp3) is 0.259. The maximum atomic E-state index is 13.2. The molecule has 0 unspecified atom stereocenters. The molecular weight excluding hydrogens is 433 g/mol. The Kier molecular flexibility index (Phi) is 5.92. The minimum absolute atomic E-state index is 0.0419. The number of hydrogen-bond acceptors (Lipinski definition) is 5. The highest BCUT2D eigenvalue weighted by molar-refractivity contribution is 6.04. The van der Waals surface area contributed by atoms with E-state index in [1.807, 2.05) is 48.2 Å². The summed E-state index contributed by atoms with van der Waals surface area (Å²) in [5, 5.41) is 0. The zero-order chi connectivity index (χ0) is 23.7. The van der Waals surface area contributed by atoms with Gasteiger partial charge in [-0.25, -0.2) is 9.38 Å². The summed E-state index contributed by atoms with van der Waals surface area (Å²) < 4.78 is 24.9. The predicted octanol–water partition coefficient (Wildman–Crippen LogP) is 4.71. The van der Waals surface area contributed by atoms with Gasteiger partial charge in [0.05, 0.1) is 19.1 Å². The van der Waals surface area contributed by atoms with E-state index in [4.69, 9.17) is 14.5 Å². The average molecular weight is 460 g/mol. The molecule has 0 aliphatic carbocycles. The lowest BCUT2D eigenvalue weighted by Crippen LogP contribution is -2.51. The van der Waals surface area contributed by atoms with Crippen molar-refractivity contribution in [1.29, 1.82) is 0 Å². The fourth-order valence-corrected chi connectivity index (χ4v) is 4.29. The summed E-state index contributed by atoms with van der Waals surface area (Å²) in [6.45, 7) is 4.48. The first-order chi connectivity index (χ1) is 16.5. The number of ether oxygens (including phenoxy) is 2. The molecule has 7 heteroatoms. The Morgan fingerprint density at radius 3 is 2.50 bits per heavy atom. The molecule has 2 aliphatic heterocycles. The van der Waals surface area contributed by atoms with Crippen LogP contribution < -0.4 is 9.47 Å². The van der Waals surface area contributed by atoms with E-state index in [0.717, 1.165) is 45.5 Å². The first-order valence-corrected chi connectivity index (χ1v) is 11.3. The smallest absolute Gasteiger partial charge is 0.227 e. The molecule has 5 rings (SSSR count). The van der Waals surface area contributed by atoms with Gasteiger partial charge >= 0.3 is 0 Å². The number of hydrogen-bond donors (Lipinski definition) is 0. The maximum Gasteiger partial charge on any atom is 0.227 e. The van der Waals surface area contributed by atoms with Gasteiger partial charge in [0, 0.05) is 26.2 Å². The Balaban J connectivity index is 1.38. The molecule has 0 saturated carbocycles. The third kappa shape index (κ3) is 4.46. The highest BCUT2D eigenvalue weighted by atomic mass is 19.1. The molecule has 3 aromatic rings. The van der Waals surface area contributed by atoms with E-state index in [9.17, 15) is 9.18 Å². The van der Waals surface area contributed by atoms with E-state index in [1.165, 1.54) is 12.1 Å². The fourth-order valence-electron chi connectivity index (χ4n) is 4.29. The molecule has 34 heavy (non-hydrogen) atoms. The van der Waals surface area contributed by atoms with Crippen LogP contribution in [0.25, 0.3) is 0 Å². The number of rotatable bonds is 3. The van der Waals surface area contributed by atoms with Gasteiger partial charge in [-0.05, 0) is 60.5 Å². The van der Waals surface area contributed by atoms with Crippen LogP contribution >= 0.6 is 0 Å². The minimum atomic E-state index is -0.299. The number of carbonyl (C=O) groups excluding carboxylic acids is 1. The number of amides is 1. The SMILES string of the molecule is COc1ccc2c(c1)C(N1CCN(C(=O)Cc3ccc(F)cc3)CC1)=Nc1ccc(C)cc1O2. The standard InChI is InChI=1S/C27H26FN3O3/c1-18-3-9-23-25(15-18)34-24-10-8-21(33-2)17-22(24)27(29-23)31-13-11-30(12-14-31)26(32)16-19-4-6-20(28)7-5-19/h3-10,15,17H,11-14,16H2,1-2H3. The van der Waals surface area contributed by atoms with Gasteiger partial charge in [0.1, 0.15) is 28.8 Å². The molecular formula is C27H26FN3O3. The predicted molar refractivity (Wildman–Crippen MR) is 129 cm³/mol. The Morgan fingerprint density at radius 2 is 1.76 bits per heavy atom. The monoisotopic (exact) mass is 459 g/mol. The Bertz CT molecular complexity index is 1250. The zero-order valence-electron chi connectivity index (χ0n) is 19.3. The lowest BCUT2D eigenvalue weighted by Gasteiger charge is -2.36. The quantitative estimate of drug-likeness (QED) is 0.569. The second-order valence-electron chi connectivity index (χ2n) is 8.54. The number of nitrogens with zero attached hydrogens (tertiary/aromatic N) is 3. The highest BCUT2D eigenvalue weighted by Crippen LogP contribution is 2.40. The molecule has 2 heterocycles. The number of carbonyl (C=O) groups is 1. The van der Waals surface area contributed by atoms with Gasteiger partial charge in [0.15, 0.2) is 5.75 Å². The van der Waals surface area contributed by atoms with Gasteiger partial charge in [0.2, 0.25) is 5.91 Å². The molecule has 1 saturated heterocycles. The molecule has 0 radical (unpaired) electrons. The first-order valence-electron chi connectivity index (χ1n) is 11.3. The maximum absolute atomic E-state index is 13.2. The van der Waals surface area contributed by atoms with Crippen LogP contribution in [0.1, 0.15) is 16.7 Å². The number of aryl methyl sites for hydroxylation is 1. The number of aliphatic imine (C=N–C) groups is 1. The van der Waals surface area contributed by atoms with E-state index in [1.54, 1.807) is 19.2 Å². The Morgan fingerprint density at radius 1 is 1.00 bits per heavy atom. The number of halogens is 1. The van der Waals surface area contributed by atoms with Crippen LogP contribution in [0.15, 0.2) is 65.7 Å². The van der Waals surface area contributed by atoms with Crippen molar-refractivity contribution >= 4 is 17.4 Å². The summed E-state index contributed by atoms with van der Waals surface area (Å²) in [5.41, 5.74) is 3.54. The van der Waals surface area contributed by atoms with Crippen molar-refractivity contribution in [2.45, 2.75) is 13.3 Å². The summed E-state index contributed by atoms with van der Waals surface area (Å²) in [6.07, 6.45) is 0.266. The van der Waals surface area contributed by atoms with E-state index < -0.39 is 0 Å². The van der Waals surface area contributed by atoms with Gasteiger partial charge in [-0.15, -0.1) is 0 Å². The van der Waals surface area contributed by atoms with Crippen LogP contribution in [0.3, 0.4) is 0 Å². The lowest BCUT2D eigenvalue weighted by molar-refractivity contribution is -0.131. The number of fused-ring (bicyclic) bond motifs is 2. The lowest BCUT2D eigenvalue weighted by atomic mass is 10.1. The van der Waals surface area contributed by atoms with E-state index in [-0.39, 0.29) is 18.1 Å². The number of piperazine rings is 1. The van der Waals surface area contributed by atoms with Crippen molar-refractivity contribution in [3.8, 4) is 17.2 Å². The average Bonchev–Trinajstić information content (AvgIpc) is 3.01. The van der Waals surface area contributed by atoms with Crippen LogP contribution in [-0.2, 0) is 11.2 Å². The highest BCUT2D eigenvalue weighted by Gasteiger charge is 2.28. The van der Waals surface area contributed by atoms with E-state index in [0.29, 0.717) is 26.2 Å². The summed E-state index contributed by atoms with van der Waals surface area (Å²) in [4.78, 5) is 21.9. The third-order valence-electron chi connectivity index (χ3n) is 6.19. The molecule has 2 aliphatic rings. The summed E-state index contributed by atoms with van der Waals surface area (Å²) in [5.74, 6) is 2.72. The molecule has 0 N–H and O–H groups in total. The van der Waals surface area contributed by atoms with Crippen LogP contribution in [0.4, 0.5) is 10.1 Å². The molecule has 0 atom stereocenters. The van der Waals surface area contributed by atoms with Crippen molar-refractivity contribution in [2.24, 2.45) is 4.99 Å². The number of amidine groups is 1. The number of methoxy groups -OCH3 is 1. The van der Waals surface area contributed by atoms with Gasteiger partial charge in [-0.3, -0.25) is 4.79 Å². The van der Waals surface area contributed by atoms with Crippen molar-refractivity contribution in [3.05, 3.63) is 83.2 Å². The van der Waals surface area contributed by atoms with Crippen LogP contribution in [0, 0.1) is 12.7 Å². The molecule has 6 nitrogen and oxygen atoms in total. The molecule has 174 valence electrons. The largest absolute Gasteiger partial charge is 0.497 e. The molecule has 1 amide bonds. The third-order valence-corrected chi connectivity index (χ3v) is 6.19. The van der Waals surface area contributed by atoms with Gasteiger partial charge in [-0.1, -0.05) is 18.2 Å². The molecule has 1 fully saturated rings. The molecule has 3 aromatic carbocycles. The topological polar surface area (TPSA) is 54.4 Å². The van der Waals surface area contributed by atoms with Gasteiger partial charge in [0.25, 0.3) is 0 Å². The number of benzene rings is 3. The second kappa shape index (κ2) is 9.17. The van der Waals surface area contributed by atoms with Crippen molar-refractivity contribution in [1.82, 2.24) is 9.80 Å². The second-order valence-corrected chi connectivity index (χ2v) is 8.54. The molecule has 0 bridgehead atoms. The van der Waals surface area contributed by atoms with E-state index in [2.05, 4.69) is 4.90 Å². The van der Waals surface area contributed by atoms with Gasteiger partial charge < -0.3 is 19.3 Å². The van der Waals surface area contributed by atoms with E-state index >= 15 is 0 Å². The Labute approximate surface area is 198 Å². The summed E-state index contributed by atoms with van der Waals surface area (Å²) in [7, 11) is 1.64. The van der Waals surface area contributed by atoms with Crippen molar-refractivity contribution in [2.75, 3.05) is 33.3 Å². The molecule has 0 spiro atoms. The molecule has 0 aromatic heterocycles. The Hall–Kier alpha value is -3.87.